The molecule has 4 bridgehead atoms. The summed E-state index contributed by atoms with van der Waals surface area (Å²) >= 11 is 1.65. The van der Waals surface area contributed by atoms with E-state index in [2.05, 4.69) is 18.0 Å². The SMILES string of the molecule is Cc1ccsc1C=C1N=C(C23CC4CC(CC(C4)C2)C3)OC1=O. The molecule has 4 saturated carbocycles. The molecule has 0 atom stereocenters. The highest BCUT2D eigenvalue weighted by Crippen LogP contribution is 2.61. The van der Waals surface area contributed by atoms with E-state index in [4.69, 9.17) is 4.74 Å². The van der Waals surface area contributed by atoms with Gasteiger partial charge < -0.3 is 4.74 Å². The molecular weight excluding hydrogens is 306 g/mol. The minimum Gasteiger partial charge on any atom is -0.406 e. The lowest BCUT2D eigenvalue weighted by Gasteiger charge is -2.55. The number of esters is 1. The van der Waals surface area contributed by atoms with Gasteiger partial charge in [0.25, 0.3) is 0 Å². The standard InChI is InChI=1S/C19H21NO2S/c1-11-2-3-23-16(11)7-15-17(21)22-18(20-15)19-8-12-4-13(9-19)6-14(5-12)10-19/h2-3,7,12-14H,4-6,8-10H2,1H3. The maximum atomic E-state index is 12.3. The Morgan fingerprint density at radius 2 is 1.87 bits per heavy atom. The predicted molar refractivity (Wildman–Crippen MR) is 91.2 cm³/mol. The molecule has 6 rings (SSSR count). The van der Waals surface area contributed by atoms with E-state index in [-0.39, 0.29) is 11.4 Å². The molecule has 0 radical (unpaired) electrons. The third-order valence-electron chi connectivity index (χ3n) is 6.28. The molecule has 120 valence electrons. The van der Waals surface area contributed by atoms with Crippen LogP contribution in [0.3, 0.4) is 0 Å². The van der Waals surface area contributed by atoms with Gasteiger partial charge in [-0.3, -0.25) is 0 Å². The molecule has 0 amide bonds. The van der Waals surface area contributed by atoms with Crippen molar-refractivity contribution >= 4 is 29.3 Å². The summed E-state index contributed by atoms with van der Waals surface area (Å²) in [7, 11) is 0. The largest absolute Gasteiger partial charge is 0.406 e. The van der Waals surface area contributed by atoms with Gasteiger partial charge in [0.1, 0.15) is 0 Å². The molecule has 3 nitrogen and oxygen atoms in total. The number of hydrogen-bond donors (Lipinski definition) is 0. The molecule has 4 fully saturated rings. The Labute approximate surface area is 140 Å². The lowest BCUT2D eigenvalue weighted by Crippen LogP contribution is -2.50. The van der Waals surface area contributed by atoms with Crippen molar-refractivity contribution in [1.82, 2.24) is 0 Å². The van der Waals surface area contributed by atoms with Gasteiger partial charge in [-0.2, -0.15) is 0 Å². The molecule has 4 aliphatic carbocycles. The first-order valence-corrected chi connectivity index (χ1v) is 9.56. The summed E-state index contributed by atoms with van der Waals surface area (Å²) in [5, 5.41) is 2.05. The number of nitrogens with zero attached hydrogens (tertiary/aromatic N) is 1. The highest BCUT2D eigenvalue weighted by molar-refractivity contribution is 7.11. The second kappa shape index (κ2) is 4.79. The maximum absolute atomic E-state index is 12.3. The molecule has 0 spiro atoms. The monoisotopic (exact) mass is 327 g/mol. The van der Waals surface area contributed by atoms with E-state index in [1.54, 1.807) is 11.3 Å². The van der Waals surface area contributed by atoms with Crippen molar-refractivity contribution in [2.75, 3.05) is 0 Å². The van der Waals surface area contributed by atoms with Crippen LogP contribution >= 0.6 is 11.3 Å². The quantitative estimate of drug-likeness (QED) is 0.589. The van der Waals surface area contributed by atoms with Gasteiger partial charge in [0, 0.05) is 10.3 Å². The summed E-state index contributed by atoms with van der Waals surface area (Å²) < 4.78 is 5.69. The molecule has 0 N–H and O–H groups in total. The second-order valence-corrected chi connectivity index (χ2v) is 8.95. The highest BCUT2D eigenvalue weighted by atomic mass is 32.1. The lowest BCUT2D eigenvalue weighted by atomic mass is 9.49. The van der Waals surface area contributed by atoms with Crippen LogP contribution in [0.2, 0.25) is 0 Å². The Morgan fingerprint density at radius 1 is 1.22 bits per heavy atom. The van der Waals surface area contributed by atoms with Crippen LogP contribution in [0.4, 0.5) is 0 Å². The second-order valence-electron chi connectivity index (χ2n) is 8.00. The van der Waals surface area contributed by atoms with Crippen LogP contribution in [-0.2, 0) is 9.53 Å². The molecule has 5 aliphatic rings. The number of ether oxygens (including phenoxy) is 1. The van der Waals surface area contributed by atoms with Crippen molar-refractivity contribution < 1.29 is 9.53 Å². The van der Waals surface area contributed by atoms with E-state index >= 15 is 0 Å². The molecule has 23 heavy (non-hydrogen) atoms. The average Bonchev–Trinajstić information content (AvgIpc) is 3.06. The number of aliphatic imine (C=N–C) groups is 1. The maximum Gasteiger partial charge on any atom is 0.363 e. The molecule has 1 aliphatic heterocycles. The Balaban J connectivity index is 1.50. The van der Waals surface area contributed by atoms with Crippen LogP contribution in [0.1, 0.15) is 49.0 Å². The molecule has 1 aromatic heterocycles. The molecule has 1 aromatic rings. The Kier molecular flexibility index (Phi) is 2.91. The van der Waals surface area contributed by atoms with Crippen molar-refractivity contribution in [1.29, 1.82) is 0 Å². The predicted octanol–water partition coefficient (Wildman–Crippen LogP) is 4.57. The molecule has 4 heteroatoms. The zero-order chi connectivity index (χ0) is 15.6. The summed E-state index contributed by atoms with van der Waals surface area (Å²) in [6.07, 6.45) is 9.59. The third kappa shape index (κ3) is 2.14. The van der Waals surface area contributed by atoms with Crippen molar-refractivity contribution in [3.8, 4) is 0 Å². The summed E-state index contributed by atoms with van der Waals surface area (Å²) in [5.41, 5.74) is 1.74. The number of hydrogen-bond acceptors (Lipinski definition) is 4. The van der Waals surface area contributed by atoms with Gasteiger partial charge in [-0.1, -0.05) is 0 Å². The van der Waals surface area contributed by atoms with Crippen molar-refractivity contribution in [2.24, 2.45) is 28.2 Å². The lowest BCUT2D eigenvalue weighted by molar-refractivity contribution is -0.131. The first-order valence-electron chi connectivity index (χ1n) is 8.68. The van der Waals surface area contributed by atoms with E-state index in [1.165, 1.54) is 44.1 Å². The van der Waals surface area contributed by atoms with Gasteiger partial charge in [-0.05, 0) is 86.3 Å². The number of cyclic esters (lactones) is 1. The van der Waals surface area contributed by atoms with Gasteiger partial charge in [0.05, 0.1) is 0 Å². The number of carbonyl (C=O) groups excluding carboxylic acids is 1. The van der Waals surface area contributed by atoms with Crippen LogP contribution in [0.5, 0.6) is 0 Å². The van der Waals surface area contributed by atoms with Gasteiger partial charge in [0.15, 0.2) is 5.70 Å². The minimum atomic E-state index is -0.261. The van der Waals surface area contributed by atoms with E-state index in [0.717, 1.165) is 28.5 Å². The number of thiophene rings is 1. The zero-order valence-corrected chi connectivity index (χ0v) is 14.2. The first-order chi connectivity index (χ1) is 11.1. The molecule has 0 saturated heterocycles. The highest BCUT2D eigenvalue weighted by Gasteiger charge is 2.55. The Hall–Kier alpha value is -1.42. The number of rotatable bonds is 2. The minimum absolute atomic E-state index is 0.0600. The fourth-order valence-corrected chi connectivity index (χ4v) is 6.52. The molecule has 0 aromatic carbocycles. The van der Waals surface area contributed by atoms with Crippen LogP contribution in [-0.4, -0.2) is 11.9 Å². The summed E-state index contributed by atoms with van der Waals surface area (Å²) in [5.74, 6) is 2.96. The van der Waals surface area contributed by atoms with Crippen LogP contribution in [0, 0.1) is 30.1 Å². The summed E-state index contributed by atoms with van der Waals surface area (Å²) in [4.78, 5) is 18.1. The van der Waals surface area contributed by atoms with E-state index in [9.17, 15) is 4.79 Å². The molecular formula is C19H21NO2S. The van der Waals surface area contributed by atoms with E-state index in [0.29, 0.717) is 5.70 Å². The van der Waals surface area contributed by atoms with Gasteiger partial charge >= 0.3 is 5.97 Å². The topological polar surface area (TPSA) is 38.7 Å². The van der Waals surface area contributed by atoms with Gasteiger partial charge in [0.2, 0.25) is 5.90 Å². The van der Waals surface area contributed by atoms with Crippen LogP contribution in [0.15, 0.2) is 22.1 Å². The van der Waals surface area contributed by atoms with Gasteiger partial charge in [-0.25, -0.2) is 9.79 Å². The summed E-state index contributed by atoms with van der Waals surface area (Å²) in [6.45, 7) is 2.06. The normalized spacial score (nSPS) is 39.9. The summed E-state index contributed by atoms with van der Waals surface area (Å²) in [6, 6.07) is 2.07. The number of aryl methyl sites for hydroxylation is 1. The molecule has 2 heterocycles. The Morgan fingerprint density at radius 3 is 2.43 bits per heavy atom. The fourth-order valence-electron chi connectivity index (χ4n) is 5.67. The average molecular weight is 327 g/mol. The smallest absolute Gasteiger partial charge is 0.363 e. The van der Waals surface area contributed by atoms with Crippen molar-refractivity contribution in [2.45, 2.75) is 45.4 Å². The van der Waals surface area contributed by atoms with E-state index < -0.39 is 0 Å². The Bertz CT molecular complexity index is 707. The third-order valence-corrected chi connectivity index (χ3v) is 7.25. The van der Waals surface area contributed by atoms with Crippen molar-refractivity contribution in [3.05, 3.63) is 27.6 Å². The van der Waals surface area contributed by atoms with Crippen molar-refractivity contribution in [3.63, 3.8) is 0 Å². The van der Waals surface area contributed by atoms with Gasteiger partial charge in [-0.15, -0.1) is 11.3 Å². The number of carbonyl (C=O) groups is 1. The van der Waals surface area contributed by atoms with Crippen LogP contribution in [0.25, 0.3) is 6.08 Å². The van der Waals surface area contributed by atoms with Crippen LogP contribution < -0.4 is 0 Å². The van der Waals surface area contributed by atoms with E-state index in [1.807, 2.05) is 11.5 Å². The zero-order valence-electron chi connectivity index (χ0n) is 13.4. The molecule has 0 unspecified atom stereocenters. The first kappa shape index (κ1) is 14.0. The fraction of sp³-hybridized carbons (Fsp3) is 0.579.